The summed E-state index contributed by atoms with van der Waals surface area (Å²) >= 11 is 7.75. The fraction of sp³-hybridized carbons (Fsp3) is 0.636. The Morgan fingerprint density at radius 3 is 2.69 bits per heavy atom. The maximum Gasteiger partial charge on any atom is 0.148 e. The molecule has 5 heteroatoms. The molecule has 0 aromatic carbocycles. The number of carbonyl (C=O) groups is 1. The molecule has 3 nitrogen and oxygen atoms in total. The van der Waals surface area contributed by atoms with Gasteiger partial charge in [-0.1, -0.05) is 18.5 Å². The highest BCUT2D eigenvalue weighted by Crippen LogP contribution is 2.22. The minimum Gasteiger partial charge on any atom is -0.298 e. The normalized spacial score (nSPS) is 10.8. The molecule has 0 saturated carbocycles. The Hall–Kier alpha value is -0.480. The van der Waals surface area contributed by atoms with Gasteiger partial charge in [-0.25, -0.2) is 0 Å². The number of Topliss-reactive ketones (excluding diaryl/α,β-unsaturated/α-hetero) is 1. The summed E-state index contributed by atoms with van der Waals surface area (Å²) in [6, 6.07) is 0. The lowest BCUT2D eigenvalue weighted by Gasteiger charge is -2.03. The Balaban J connectivity index is 2.93. The van der Waals surface area contributed by atoms with Crippen molar-refractivity contribution in [3.05, 3.63) is 16.4 Å². The largest absolute Gasteiger partial charge is 0.298 e. The van der Waals surface area contributed by atoms with Gasteiger partial charge in [0.1, 0.15) is 5.78 Å². The molecule has 0 spiro atoms. The number of nitrogens with zero attached hydrogens (tertiary/aromatic N) is 2. The lowest BCUT2D eigenvalue weighted by molar-refractivity contribution is -0.116. The van der Waals surface area contributed by atoms with E-state index >= 15 is 0 Å². The Morgan fingerprint density at radius 1 is 1.50 bits per heavy atom. The summed E-state index contributed by atoms with van der Waals surface area (Å²) in [5.41, 5.74) is 1.75. The monoisotopic (exact) mass is 260 g/mol. The molecule has 0 radical (unpaired) electrons. The quantitative estimate of drug-likeness (QED) is 0.789. The molecule has 1 heterocycles. The van der Waals surface area contributed by atoms with Crippen LogP contribution < -0.4 is 0 Å². The van der Waals surface area contributed by atoms with Gasteiger partial charge in [0.25, 0.3) is 0 Å². The summed E-state index contributed by atoms with van der Waals surface area (Å²) in [6.45, 7) is 4.77. The zero-order chi connectivity index (χ0) is 12.1. The predicted molar refractivity (Wildman–Crippen MR) is 69.4 cm³/mol. The number of hydrogen-bond acceptors (Lipinski definition) is 3. The molecule has 90 valence electrons. The average Bonchev–Trinajstić information content (AvgIpc) is 2.56. The van der Waals surface area contributed by atoms with E-state index < -0.39 is 0 Å². The Labute approximate surface area is 106 Å². The first-order chi connectivity index (χ1) is 7.63. The Kier molecular flexibility index (Phi) is 5.35. The third-order valence-electron chi connectivity index (χ3n) is 2.36. The highest BCUT2D eigenvalue weighted by atomic mass is 35.5. The van der Waals surface area contributed by atoms with Crippen molar-refractivity contribution in [2.45, 2.75) is 33.2 Å². The molecule has 0 amide bonds. The van der Waals surface area contributed by atoms with Crippen LogP contribution in [0.3, 0.4) is 0 Å². The fourth-order valence-corrected chi connectivity index (χ4v) is 2.34. The van der Waals surface area contributed by atoms with Gasteiger partial charge in [-0.2, -0.15) is 16.9 Å². The first-order valence-corrected chi connectivity index (χ1v) is 7.15. The summed E-state index contributed by atoms with van der Waals surface area (Å²) < 4.78 is 1.83. The number of rotatable bonds is 6. The number of halogens is 1. The van der Waals surface area contributed by atoms with Crippen LogP contribution in [0.4, 0.5) is 0 Å². The summed E-state index contributed by atoms with van der Waals surface area (Å²) in [6.07, 6.45) is 3.12. The van der Waals surface area contributed by atoms with Gasteiger partial charge in [0.15, 0.2) is 0 Å². The lowest BCUT2D eigenvalue weighted by Crippen LogP contribution is -2.11. The molecular weight excluding hydrogens is 244 g/mol. The van der Waals surface area contributed by atoms with Gasteiger partial charge in [-0.3, -0.25) is 9.48 Å². The number of thioether (sulfide) groups is 1. The molecule has 1 aromatic heterocycles. The number of hydrogen-bond donors (Lipinski definition) is 0. The molecule has 1 rings (SSSR count). The van der Waals surface area contributed by atoms with E-state index in [0.717, 1.165) is 24.4 Å². The molecule has 0 unspecified atom stereocenters. The highest BCUT2D eigenvalue weighted by molar-refractivity contribution is 7.99. The second kappa shape index (κ2) is 6.30. The van der Waals surface area contributed by atoms with Crippen molar-refractivity contribution >= 4 is 29.1 Å². The van der Waals surface area contributed by atoms with Gasteiger partial charge >= 0.3 is 0 Å². The van der Waals surface area contributed by atoms with Crippen LogP contribution in [-0.4, -0.2) is 27.6 Å². The first kappa shape index (κ1) is 13.6. The zero-order valence-corrected chi connectivity index (χ0v) is 11.5. The summed E-state index contributed by atoms with van der Waals surface area (Å²) in [5, 5.41) is 5.05. The van der Waals surface area contributed by atoms with E-state index in [1.807, 2.05) is 24.8 Å². The van der Waals surface area contributed by atoms with Crippen molar-refractivity contribution in [1.82, 2.24) is 9.78 Å². The van der Waals surface area contributed by atoms with E-state index in [1.54, 1.807) is 0 Å². The van der Waals surface area contributed by atoms with Crippen molar-refractivity contribution in [3.8, 4) is 0 Å². The van der Waals surface area contributed by atoms with Crippen molar-refractivity contribution in [2.75, 3.05) is 12.0 Å². The number of aryl methyl sites for hydroxylation is 2. The minimum absolute atomic E-state index is 0.201. The van der Waals surface area contributed by atoms with Crippen LogP contribution >= 0.6 is 23.4 Å². The van der Waals surface area contributed by atoms with Crippen LogP contribution in [0.5, 0.6) is 0 Å². The summed E-state index contributed by atoms with van der Waals surface area (Å²) in [7, 11) is 0. The minimum atomic E-state index is 0.201. The van der Waals surface area contributed by atoms with Crippen LogP contribution in [0.2, 0.25) is 5.02 Å². The summed E-state index contributed by atoms with van der Waals surface area (Å²) in [4.78, 5) is 11.6. The second-order valence-corrected chi connectivity index (χ2v) is 4.77. The van der Waals surface area contributed by atoms with Crippen molar-refractivity contribution < 1.29 is 4.79 Å². The van der Waals surface area contributed by atoms with E-state index in [-0.39, 0.29) is 5.78 Å². The SMILES string of the molecule is CCc1nn(CC)c(CC(=O)CSC)c1Cl. The maximum atomic E-state index is 11.6. The molecule has 0 aliphatic rings. The standard InChI is InChI=1S/C11H17ClN2OS/c1-4-9-11(12)10(14(5-2)13-9)6-8(15)7-16-3/h4-7H2,1-3H3. The Bertz CT molecular complexity index is 376. The fourth-order valence-electron chi connectivity index (χ4n) is 1.58. The van der Waals surface area contributed by atoms with E-state index in [0.29, 0.717) is 17.2 Å². The topological polar surface area (TPSA) is 34.9 Å². The first-order valence-electron chi connectivity index (χ1n) is 5.38. The Morgan fingerprint density at radius 2 is 2.19 bits per heavy atom. The highest BCUT2D eigenvalue weighted by Gasteiger charge is 2.16. The zero-order valence-electron chi connectivity index (χ0n) is 9.92. The van der Waals surface area contributed by atoms with E-state index in [9.17, 15) is 4.79 Å². The van der Waals surface area contributed by atoms with Gasteiger partial charge in [-0.15, -0.1) is 0 Å². The van der Waals surface area contributed by atoms with E-state index in [4.69, 9.17) is 11.6 Å². The number of aromatic nitrogens is 2. The van der Waals surface area contributed by atoms with E-state index in [2.05, 4.69) is 5.10 Å². The molecule has 0 fully saturated rings. The summed E-state index contributed by atoms with van der Waals surface area (Å²) in [5.74, 6) is 0.735. The third kappa shape index (κ3) is 3.01. The van der Waals surface area contributed by atoms with Gasteiger partial charge in [-0.05, 0) is 19.6 Å². The van der Waals surface area contributed by atoms with Gasteiger partial charge in [0.2, 0.25) is 0 Å². The molecule has 0 atom stereocenters. The van der Waals surface area contributed by atoms with Crippen LogP contribution in [0.1, 0.15) is 25.2 Å². The molecule has 0 aliphatic heterocycles. The number of carbonyl (C=O) groups excluding carboxylic acids is 1. The lowest BCUT2D eigenvalue weighted by atomic mass is 10.2. The van der Waals surface area contributed by atoms with Crippen LogP contribution in [0.25, 0.3) is 0 Å². The molecule has 0 bridgehead atoms. The van der Waals surface area contributed by atoms with Gasteiger partial charge in [0, 0.05) is 6.54 Å². The van der Waals surface area contributed by atoms with Gasteiger partial charge < -0.3 is 0 Å². The molecule has 0 saturated heterocycles. The van der Waals surface area contributed by atoms with Crippen LogP contribution in [0.15, 0.2) is 0 Å². The smallest absolute Gasteiger partial charge is 0.148 e. The van der Waals surface area contributed by atoms with Crippen molar-refractivity contribution in [2.24, 2.45) is 0 Å². The molecular formula is C11H17ClN2OS. The van der Waals surface area contributed by atoms with E-state index in [1.165, 1.54) is 11.8 Å². The third-order valence-corrected chi connectivity index (χ3v) is 3.41. The molecule has 16 heavy (non-hydrogen) atoms. The molecule has 1 aromatic rings. The second-order valence-electron chi connectivity index (χ2n) is 3.53. The van der Waals surface area contributed by atoms with Gasteiger partial charge in [0.05, 0.1) is 28.6 Å². The van der Waals surface area contributed by atoms with Crippen molar-refractivity contribution in [1.29, 1.82) is 0 Å². The average molecular weight is 261 g/mol. The predicted octanol–water partition coefficient (Wildman–Crippen LogP) is 2.59. The van der Waals surface area contributed by atoms with Crippen LogP contribution in [0, 0.1) is 0 Å². The number of ketones is 1. The van der Waals surface area contributed by atoms with Crippen molar-refractivity contribution in [3.63, 3.8) is 0 Å². The maximum absolute atomic E-state index is 11.6. The van der Waals surface area contributed by atoms with Crippen LogP contribution in [-0.2, 0) is 24.2 Å². The molecule has 0 aliphatic carbocycles. The molecule has 0 N–H and O–H groups in total.